The van der Waals surface area contributed by atoms with Gasteiger partial charge in [-0.3, -0.25) is 0 Å². The van der Waals surface area contributed by atoms with Crippen molar-refractivity contribution in [1.29, 1.82) is 0 Å². The molecule has 0 amide bonds. The largest absolute Gasteiger partial charge is 0.478 e. The van der Waals surface area contributed by atoms with Crippen LogP contribution in [-0.2, 0) is 9.84 Å². The molecule has 2 aromatic rings. The Kier molecular flexibility index (Phi) is 3.66. The molecule has 1 aliphatic rings. The predicted molar refractivity (Wildman–Crippen MR) is 85.6 cm³/mol. The molecule has 3 rings (SSSR count). The number of sulfone groups is 1. The summed E-state index contributed by atoms with van der Waals surface area (Å²) in [6.45, 7) is 5.60. The molecule has 2 aromatic heterocycles. The molecule has 23 heavy (non-hydrogen) atoms. The Bertz CT molecular complexity index is 899. The lowest BCUT2D eigenvalue weighted by Gasteiger charge is -2.12. The highest BCUT2D eigenvalue weighted by atomic mass is 32.2. The summed E-state index contributed by atoms with van der Waals surface area (Å²) in [7, 11) is -3.06. The number of fused-ring (bicyclic) bond motifs is 1. The Labute approximate surface area is 134 Å². The minimum atomic E-state index is -3.06. The van der Waals surface area contributed by atoms with Gasteiger partial charge in [0.2, 0.25) is 0 Å². The molecule has 1 N–H and O–H groups in total. The molecule has 0 saturated carbocycles. The van der Waals surface area contributed by atoms with Crippen molar-refractivity contribution >= 4 is 26.8 Å². The highest BCUT2D eigenvalue weighted by Gasteiger charge is 2.32. The molecule has 0 radical (unpaired) electrons. The van der Waals surface area contributed by atoms with E-state index in [-0.39, 0.29) is 29.0 Å². The minimum absolute atomic E-state index is 0.0270. The smallest absolute Gasteiger partial charge is 0.336 e. The van der Waals surface area contributed by atoms with E-state index in [1.54, 1.807) is 17.7 Å². The number of hydrogen-bond donors (Lipinski definition) is 1. The van der Waals surface area contributed by atoms with Gasteiger partial charge >= 0.3 is 5.97 Å². The average Bonchev–Trinajstić information content (AvgIpc) is 2.98. The van der Waals surface area contributed by atoms with E-state index in [1.165, 1.54) is 0 Å². The van der Waals surface area contributed by atoms with Crippen molar-refractivity contribution in [2.45, 2.75) is 39.2 Å². The maximum Gasteiger partial charge on any atom is 0.336 e. The van der Waals surface area contributed by atoms with Crippen LogP contribution >= 0.6 is 0 Å². The number of aryl methyl sites for hydroxylation is 1. The number of hydrogen-bond acceptors (Lipinski definition) is 5. The van der Waals surface area contributed by atoms with Crippen LogP contribution in [0.1, 0.15) is 54.0 Å². The van der Waals surface area contributed by atoms with Crippen LogP contribution in [0.25, 0.3) is 11.0 Å². The first-order valence-electron chi connectivity index (χ1n) is 7.53. The lowest BCUT2D eigenvalue weighted by atomic mass is 10.0. The molecule has 1 fully saturated rings. The molecule has 1 saturated heterocycles. The van der Waals surface area contributed by atoms with Crippen molar-refractivity contribution in [1.82, 2.24) is 14.8 Å². The highest BCUT2D eigenvalue weighted by Crippen LogP contribution is 2.31. The third-order valence-corrected chi connectivity index (χ3v) is 5.98. The third kappa shape index (κ3) is 2.71. The molecule has 7 nitrogen and oxygen atoms in total. The van der Waals surface area contributed by atoms with E-state index in [0.717, 1.165) is 0 Å². The zero-order valence-corrected chi connectivity index (χ0v) is 14.1. The van der Waals surface area contributed by atoms with Gasteiger partial charge in [0.15, 0.2) is 15.5 Å². The lowest BCUT2D eigenvalue weighted by Crippen LogP contribution is -2.14. The van der Waals surface area contributed by atoms with Crippen molar-refractivity contribution in [2.24, 2.45) is 0 Å². The van der Waals surface area contributed by atoms with Gasteiger partial charge in [-0.15, -0.1) is 0 Å². The predicted octanol–water partition coefficient (Wildman–Crippen LogP) is 1.92. The van der Waals surface area contributed by atoms with Crippen LogP contribution in [0.5, 0.6) is 0 Å². The van der Waals surface area contributed by atoms with E-state index in [0.29, 0.717) is 28.8 Å². The number of aromatic carboxylic acids is 1. The molecule has 3 heterocycles. The number of pyridine rings is 1. The van der Waals surface area contributed by atoms with Gasteiger partial charge in [0.05, 0.1) is 34.2 Å². The molecule has 0 aliphatic carbocycles. The van der Waals surface area contributed by atoms with Crippen LogP contribution in [0.2, 0.25) is 0 Å². The molecule has 0 spiro atoms. The van der Waals surface area contributed by atoms with Gasteiger partial charge in [-0.1, -0.05) is 13.8 Å². The summed E-state index contributed by atoms with van der Waals surface area (Å²) in [5.74, 6) is -0.804. The summed E-state index contributed by atoms with van der Waals surface area (Å²) < 4.78 is 25.1. The molecule has 8 heteroatoms. The molecule has 1 atom stereocenters. The lowest BCUT2D eigenvalue weighted by molar-refractivity contribution is 0.0698. The van der Waals surface area contributed by atoms with Crippen LogP contribution in [0.3, 0.4) is 0 Å². The Balaban J connectivity index is 2.26. The zero-order valence-electron chi connectivity index (χ0n) is 13.3. The van der Waals surface area contributed by atoms with Crippen LogP contribution in [0.4, 0.5) is 0 Å². The van der Waals surface area contributed by atoms with Gasteiger partial charge in [0.1, 0.15) is 0 Å². The van der Waals surface area contributed by atoms with Crippen LogP contribution in [0, 0.1) is 6.92 Å². The number of carboxylic acids is 1. The van der Waals surface area contributed by atoms with Crippen molar-refractivity contribution in [3.63, 3.8) is 0 Å². The Morgan fingerprint density at radius 3 is 2.65 bits per heavy atom. The van der Waals surface area contributed by atoms with Gasteiger partial charge in [-0.05, 0) is 25.3 Å². The van der Waals surface area contributed by atoms with E-state index in [9.17, 15) is 18.3 Å². The van der Waals surface area contributed by atoms with Crippen LogP contribution in [-0.4, -0.2) is 45.8 Å². The Morgan fingerprint density at radius 2 is 2.13 bits per heavy atom. The maximum absolute atomic E-state index is 11.8. The SMILES string of the molecule is Cc1nn([C@@H]2CCS(=O)(=O)C2)c2nc(C(C)C)cc(C(=O)O)c12. The fourth-order valence-corrected chi connectivity index (χ4v) is 4.71. The highest BCUT2D eigenvalue weighted by molar-refractivity contribution is 7.91. The quantitative estimate of drug-likeness (QED) is 0.918. The molecular formula is C15H19N3O4S. The fourth-order valence-electron chi connectivity index (χ4n) is 3.02. The van der Waals surface area contributed by atoms with Gasteiger partial charge in [0, 0.05) is 5.69 Å². The van der Waals surface area contributed by atoms with Gasteiger partial charge in [-0.2, -0.15) is 5.10 Å². The number of carboxylic acid groups (broad SMARTS) is 1. The van der Waals surface area contributed by atoms with Gasteiger partial charge < -0.3 is 5.11 Å². The maximum atomic E-state index is 11.8. The van der Waals surface area contributed by atoms with E-state index >= 15 is 0 Å². The Hall–Kier alpha value is -1.96. The van der Waals surface area contributed by atoms with E-state index in [2.05, 4.69) is 10.1 Å². The fraction of sp³-hybridized carbons (Fsp3) is 0.533. The number of nitrogens with zero attached hydrogens (tertiary/aromatic N) is 3. The monoisotopic (exact) mass is 337 g/mol. The summed E-state index contributed by atoms with van der Waals surface area (Å²) in [5, 5.41) is 14.4. The summed E-state index contributed by atoms with van der Waals surface area (Å²) in [4.78, 5) is 16.2. The zero-order chi connectivity index (χ0) is 16.9. The normalized spacial score (nSPS) is 20.4. The minimum Gasteiger partial charge on any atom is -0.478 e. The molecule has 0 unspecified atom stereocenters. The topological polar surface area (TPSA) is 102 Å². The Morgan fingerprint density at radius 1 is 1.43 bits per heavy atom. The molecule has 1 aliphatic heterocycles. The average molecular weight is 337 g/mol. The van der Waals surface area contributed by atoms with Crippen LogP contribution < -0.4 is 0 Å². The molecule has 124 valence electrons. The van der Waals surface area contributed by atoms with Crippen LogP contribution in [0.15, 0.2) is 6.07 Å². The number of aromatic nitrogens is 3. The van der Waals surface area contributed by atoms with Crippen molar-refractivity contribution < 1.29 is 18.3 Å². The molecule has 0 aromatic carbocycles. The standard InChI is InChI=1S/C15H19N3O4S/c1-8(2)12-6-11(15(19)20)13-9(3)17-18(14(13)16-12)10-4-5-23(21,22)7-10/h6,8,10H,4-5,7H2,1-3H3,(H,19,20)/t10-/m1/s1. The van der Waals surface area contributed by atoms with Crippen molar-refractivity contribution in [3.05, 3.63) is 23.0 Å². The van der Waals surface area contributed by atoms with Crippen molar-refractivity contribution in [3.8, 4) is 0 Å². The summed E-state index contributed by atoms with van der Waals surface area (Å²) in [6, 6.07) is 1.30. The summed E-state index contributed by atoms with van der Waals surface area (Å²) in [6.07, 6.45) is 0.481. The van der Waals surface area contributed by atoms with E-state index in [1.807, 2.05) is 13.8 Å². The van der Waals surface area contributed by atoms with Gasteiger partial charge in [-0.25, -0.2) is 22.9 Å². The first kappa shape index (κ1) is 15.9. The third-order valence-electron chi connectivity index (χ3n) is 4.23. The second kappa shape index (κ2) is 5.30. The second-order valence-electron chi connectivity index (χ2n) is 6.34. The molecular weight excluding hydrogens is 318 g/mol. The molecule has 0 bridgehead atoms. The van der Waals surface area contributed by atoms with E-state index in [4.69, 9.17) is 0 Å². The first-order valence-corrected chi connectivity index (χ1v) is 9.35. The van der Waals surface area contributed by atoms with Crippen molar-refractivity contribution in [2.75, 3.05) is 11.5 Å². The first-order chi connectivity index (χ1) is 10.7. The van der Waals surface area contributed by atoms with E-state index < -0.39 is 15.8 Å². The van der Waals surface area contributed by atoms with Gasteiger partial charge in [0.25, 0.3) is 0 Å². The second-order valence-corrected chi connectivity index (χ2v) is 8.57. The number of rotatable bonds is 3. The summed E-state index contributed by atoms with van der Waals surface area (Å²) >= 11 is 0. The summed E-state index contributed by atoms with van der Waals surface area (Å²) in [5.41, 5.74) is 1.86. The number of carbonyl (C=O) groups is 1.